The molecule has 3 heteroatoms. The number of benzene rings is 2. The van der Waals surface area contributed by atoms with Crippen molar-refractivity contribution in [1.82, 2.24) is 0 Å². The monoisotopic (exact) mass is 890 g/mol. The van der Waals surface area contributed by atoms with E-state index in [-0.39, 0.29) is 73.5 Å². The Bertz CT molecular complexity index is 2200. The first-order valence-corrected chi connectivity index (χ1v) is 25.4. The number of halogens is 2. The molecule has 0 bridgehead atoms. The normalized spacial score (nSPS) is 37.8. The van der Waals surface area contributed by atoms with Crippen LogP contribution in [0.1, 0.15) is 126 Å². The first-order chi connectivity index (χ1) is 26.1. The Hall–Kier alpha value is -2.31. The molecule has 0 nitrogen and oxygen atoms in total. The summed E-state index contributed by atoms with van der Waals surface area (Å²) in [7, 11) is 0. The van der Waals surface area contributed by atoms with E-state index in [9.17, 15) is 0 Å². The van der Waals surface area contributed by atoms with Gasteiger partial charge < -0.3 is 0 Å². The van der Waals surface area contributed by atoms with Crippen LogP contribution in [-0.4, -0.2) is 3.21 Å². The Labute approximate surface area is 372 Å². The van der Waals surface area contributed by atoms with Crippen molar-refractivity contribution < 1.29 is 21.3 Å². The maximum Gasteiger partial charge on any atom is -0.147 e. The molecule has 2 aromatic carbocycles. The van der Waals surface area contributed by atoms with Gasteiger partial charge in [0.15, 0.2) is 0 Å². The number of allylic oxidation sites excluding steroid dienone is 16. The van der Waals surface area contributed by atoms with Crippen LogP contribution in [0.15, 0.2) is 142 Å². The van der Waals surface area contributed by atoms with Crippen molar-refractivity contribution in [3.63, 3.8) is 0 Å². The molecule has 0 heterocycles. The molecule has 0 N–H and O–H groups in total. The fraction of sp³-hybridized carbons (Fsp3) is 0.473. The second-order valence-corrected chi connectivity index (χ2v) is 28.2. The van der Waals surface area contributed by atoms with Gasteiger partial charge in [0.25, 0.3) is 0 Å². The van der Waals surface area contributed by atoms with E-state index in [0.717, 1.165) is 6.42 Å². The van der Waals surface area contributed by atoms with E-state index >= 15 is 0 Å². The van der Waals surface area contributed by atoms with Gasteiger partial charge in [-0.3, -0.25) is 0 Å². The zero-order valence-corrected chi connectivity index (χ0v) is 42.0. The van der Waals surface area contributed by atoms with Crippen LogP contribution < -0.4 is 0 Å². The van der Waals surface area contributed by atoms with E-state index in [2.05, 4.69) is 231 Å². The molecule has 9 unspecified atom stereocenters. The average Bonchev–Trinajstić information content (AvgIpc) is 3.74. The standard InChI is InChI=1S/C29H37.C21H26.C5H5.2ClH.Zr/c1-21-14-13-15-22-20-27(6)25(4)18-10-9-16-23(25,2)24(3)17-11-12-19-26(24,5)29(27,8)28(21,22)7;1-20(2,3)18-11-7-16(8-12-18)15-17-9-13-19(14-10-17)21(4,5)6;1-2-4-5-3-1;;;/h9-20,22H,1-8H3;7-14H,1-6H3;1-3H,4H2;2*1H;. The van der Waals surface area contributed by atoms with E-state index in [0.29, 0.717) is 9.54 Å². The van der Waals surface area contributed by atoms with Crippen molar-refractivity contribution in [2.45, 2.75) is 118 Å². The van der Waals surface area contributed by atoms with Gasteiger partial charge in [0.05, 0.1) is 0 Å². The Morgan fingerprint density at radius 1 is 0.569 bits per heavy atom. The van der Waals surface area contributed by atoms with Gasteiger partial charge in [-0.05, 0) is 0 Å². The summed E-state index contributed by atoms with van der Waals surface area (Å²) in [5, 5.41) is 0. The molecule has 6 aliphatic rings. The van der Waals surface area contributed by atoms with Crippen LogP contribution in [0.2, 0.25) is 3.63 Å². The van der Waals surface area contributed by atoms with Gasteiger partial charge >= 0.3 is 351 Å². The smallest absolute Gasteiger partial charge is 0.147 e. The Kier molecular flexibility index (Phi) is 11.2. The summed E-state index contributed by atoms with van der Waals surface area (Å²) in [5.41, 5.74) is 6.66. The molecule has 0 spiro atoms. The first kappa shape index (κ1) is 45.2. The molecule has 0 aliphatic heterocycles. The van der Waals surface area contributed by atoms with Crippen LogP contribution in [0.5, 0.6) is 0 Å². The predicted octanol–water partition coefficient (Wildman–Crippen LogP) is 15.4. The topological polar surface area (TPSA) is 0 Å². The van der Waals surface area contributed by atoms with Crippen molar-refractivity contribution >= 4 is 28.0 Å². The van der Waals surface area contributed by atoms with Gasteiger partial charge in [-0.1, -0.05) is 0 Å². The van der Waals surface area contributed by atoms with Crippen LogP contribution in [0.3, 0.4) is 0 Å². The maximum atomic E-state index is 2.83. The van der Waals surface area contributed by atoms with Gasteiger partial charge in [-0.2, -0.15) is 0 Å². The predicted molar refractivity (Wildman–Crippen MR) is 253 cm³/mol. The molecule has 6 aliphatic carbocycles. The van der Waals surface area contributed by atoms with Crippen molar-refractivity contribution in [2.24, 2.45) is 43.8 Å². The summed E-state index contributed by atoms with van der Waals surface area (Å²) in [6.07, 6.45) is 36.4. The van der Waals surface area contributed by atoms with Crippen LogP contribution in [0.4, 0.5) is 0 Å². The van der Waals surface area contributed by atoms with E-state index in [1.54, 1.807) is 12.1 Å². The van der Waals surface area contributed by atoms with E-state index in [1.807, 2.05) is 0 Å². The second-order valence-electron chi connectivity index (χ2n) is 21.8. The molecular formula is C55H70Cl2Zr. The zero-order chi connectivity index (χ0) is 40.5. The summed E-state index contributed by atoms with van der Waals surface area (Å²) in [4.78, 5) is 0. The third-order valence-electron chi connectivity index (χ3n) is 18.3. The minimum atomic E-state index is -3.05. The SMILES string of the molecule is CC1=CC=CC2[CH]([Zr]([C]3=CC=CC3)=[C](c3ccc(C(C)(C)C)cc3)c3ccc(C(C)(C)C)cc3)C3(C)C4(C)C=CC=CC4(C)C4(C)C=CC=CC4(C)C3(C)C12C.Cl.Cl. The fourth-order valence-electron chi connectivity index (χ4n) is 14.1. The Morgan fingerprint density at radius 2 is 1.02 bits per heavy atom. The summed E-state index contributed by atoms with van der Waals surface area (Å²) in [6, 6.07) is 19.8. The molecule has 2 aromatic rings. The summed E-state index contributed by atoms with van der Waals surface area (Å²) < 4.78 is 3.91. The molecule has 0 amide bonds. The number of hydrogen-bond donors (Lipinski definition) is 0. The number of hydrogen-bond acceptors (Lipinski definition) is 0. The zero-order valence-electron chi connectivity index (χ0n) is 37.9. The second kappa shape index (κ2) is 14.4. The third-order valence-corrected chi connectivity index (χ3v) is 27.5. The minimum Gasteiger partial charge on any atom is -0.147 e. The van der Waals surface area contributed by atoms with Gasteiger partial charge in [0.1, 0.15) is 0 Å². The first-order valence-electron chi connectivity index (χ1n) is 21.5. The quantitative estimate of drug-likeness (QED) is 0.287. The van der Waals surface area contributed by atoms with Gasteiger partial charge in [-0.15, -0.1) is 24.8 Å². The van der Waals surface area contributed by atoms with E-state index < -0.39 is 21.3 Å². The van der Waals surface area contributed by atoms with Crippen LogP contribution >= 0.6 is 24.8 Å². The van der Waals surface area contributed by atoms with Crippen LogP contribution in [0, 0.1) is 43.8 Å². The molecule has 2 fully saturated rings. The van der Waals surface area contributed by atoms with E-state index in [1.165, 1.54) is 22.3 Å². The van der Waals surface area contributed by atoms with Crippen molar-refractivity contribution in [2.75, 3.05) is 0 Å². The molecule has 0 saturated heterocycles. The van der Waals surface area contributed by atoms with Crippen LogP contribution in [-0.2, 0) is 32.1 Å². The largest absolute Gasteiger partial charge is 0.147 e. The molecule has 9 atom stereocenters. The molecule has 2 saturated carbocycles. The Morgan fingerprint density at radius 3 is 1.47 bits per heavy atom. The average molecular weight is 893 g/mol. The van der Waals surface area contributed by atoms with Crippen LogP contribution in [0.25, 0.3) is 0 Å². The molecular weight excluding hydrogens is 823 g/mol. The van der Waals surface area contributed by atoms with E-state index in [4.69, 9.17) is 0 Å². The number of rotatable bonds is 4. The molecule has 58 heavy (non-hydrogen) atoms. The van der Waals surface area contributed by atoms with Crippen molar-refractivity contribution in [1.29, 1.82) is 0 Å². The summed E-state index contributed by atoms with van der Waals surface area (Å²) in [5.74, 6) is 0.398. The summed E-state index contributed by atoms with van der Waals surface area (Å²) in [6.45, 7) is 35.5. The minimum absolute atomic E-state index is 0. The van der Waals surface area contributed by atoms with Gasteiger partial charge in [0.2, 0.25) is 0 Å². The fourth-order valence-corrected chi connectivity index (χ4v) is 25.4. The molecule has 0 aromatic heterocycles. The molecule has 8 rings (SSSR count). The Balaban J connectivity index is 0.00000283. The molecule has 0 radical (unpaired) electrons. The molecule has 308 valence electrons. The number of fused-ring (bicyclic) bond motifs is 8. The summed E-state index contributed by atoms with van der Waals surface area (Å²) >= 11 is -3.05. The van der Waals surface area contributed by atoms with Crippen molar-refractivity contribution in [3.05, 3.63) is 165 Å². The van der Waals surface area contributed by atoms with Gasteiger partial charge in [-0.25, -0.2) is 0 Å². The van der Waals surface area contributed by atoms with Crippen molar-refractivity contribution in [3.8, 4) is 0 Å². The van der Waals surface area contributed by atoms with Gasteiger partial charge in [0, 0.05) is 0 Å². The third kappa shape index (κ3) is 5.43. The maximum absolute atomic E-state index is 3.05.